The Morgan fingerprint density at radius 2 is 1.95 bits per heavy atom. The van der Waals surface area contributed by atoms with Gasteiger partial charge in [0.2, 0.25) is 0 Å². The van der Waals surface area contributed by atoms with E-state index in [4.69, 9.17) is 0 Å². The van der Waals surface area contributed by atoms with Gasteiger partial charge >= 0.3 is 0 Å². The van der Waals surface area contributed by atoms with Crippen LogP contribution in [0.3, 0.4) is 0 Å². The number of hydrogen-bond donors (Lipinski definition) is 1. The highest BCUT2D eigenvalue weighted by Gasteiger charge is 2.19. The van der Waals surface area contributed by atoms with E-state index in [0.29, 0.717) is 6.04 Å². The molecule has 0 spiro atoms. The van der Waals surface area contributed by atoms with E-state index in [2.05, 4.69) is 28.2 Å². The average molecular weight is 328 g/mol. The van der Waals surface area contributed by atoms with Crippen molar-refractivity contribution in [1.82, 2.24) is 5.32 Å². The molecule has 1 fully saturated rings. The van der Waals surface area contributed by atoms with Gasteiger partial charge in [0, 0.05) is 17.1 Å². The minimum atomic E-state index is -0.169. The second kappa shape index (κ2) is 7.39. The summed E-state index contributed by atoms with van der Waals surface area (Å²) in [4.78, 5) is 0. The van der Waals surface area contributed by atoms with Crippen LogP contribution >= 0.6 is 15.9 Å². The first-order valence-corrected chi connectivity index (χ1v) is 8.15. The van der Waals surface area contributed by atoms with Crippen molar-refractivity contribution >= 4 is 15.9 Å². The lowest BCUT2D eigenvalue weighted by Crippen LogP contribution is -2.32. The molecule has 3 heteroatoms. The van der Waals surface area contributed by atoms with Gasteiger partial charge in [-0.1, -0.05) is 35.7 Å². The van der Waals surface area contributed by atoms with E-state index >= 15 is 0 Å². The Balaban J connectivity index is 1.77. The molecule has 0 heterocycles. The second-order valence-electron chi connectivity index (χ2n) is 5.66. The molecule has 1 saturated carbocycles. The maximum Gasteiger partial charge on any atom is 0.124 e. The third-order valence-corrected chi connectivity index (χ3v) is 4.52. The van der Waals surface area contributed by atoms with E-state index < -0.39 is 0 Å². The van der Waals surface area contributed by atoms with Crippen LogP contribution in [0.15, 0.2) is 22.7 Å². The summed E-state index contributed by atoms with van der Waals surface area (Å²) in [6, 6.07) is 5.70. The minimum absolute atomic E-state index is 0.169. The van der Waals surface area contributed by atoms with E-state index in [1.54, 1.807) is 6.07 Å². The topological polar surface area (TPSA) is 12.0 Å². The normalized spacial score (nSPS) is 23.5. The van der Waals surface area contributed by atoms with Crippen LogP contribution in [0.25, 0.3) is 0 Å². The molecule has 19 heavy (non-hydrogen) atoms. The van der Waals surface area contributed by atoms with Crippen molar-refractivity contribution in [3.63, 3.8) is 0 Å². The molecule has 0 aromatic heterocycles. The summed E-state index contributed by atoms with van der Waals surface area (Å²) >= 11 is 3.34. The van der Waals surface area contributed by atoms with E-state index in [-0.39, 0.29) is 5.82 Å². The molecule has 0 atom stereocenters. The molecule has 0 saturated heterocycles. The van der Waals surface area contributed by atoms with E-state index in [9.17, 15) is 4.39 Å². The first kappa shape index (κ1) is 15.0. The third-order valence-electron chi connectivity index (χ3n) is 4.06. The summed E-state index contributed by atoms with van der Waals surface area (Å²) in [7, 11) is 0. The fraction of sp³-hybridized carbons (Fsp3) is 0.625. The zero-order valence-corrected chi connectivity index (χ0v) is 13.2. The number of benzene rings is 1. The first-order valence-electron chi connectivity index (χ1n) is 7.35. The number of halogens is 2. The molecule has 106 valence electrons. The van der Waals surface area contributed by atoms with Crippen molar-refractivity contribution < 1.29 is 4.39 Å². The molecule has 1 aliphatic rings. The van der Waals surface area contributed by atoms with Gasteiger partial charge in [-0.15, -0.1) is 0 Å². The van der Waals surface area contributed by atoms with E-state index in [0.717, 1.165) is 22.5 Å². The Labute approximate surface area is 124 Å². The summed E-state index contributed by atoms with van der Waals surface area (Å²) in [5.41, 5.74) is 1.02. The molecule has 2 rings (SSSR count). The van der Waals surface area contributed by atoms with Gasteiger partial charge < -0.3 is 5.32 Å². The van der Waals surface area contributed by atoms with Crippen LogP contribution in [-0.4, -0.2) is 6.04 Å². The molecule has 0 unspecified atom stereocenters. The zero-order valence-electron chi connectivity index (χ0n) is 11.6. The molecular weight excluding hydrogens is 305 g/mol. The highest BCUT2D eigenvalue weighted by atomic mass is 79.9. The number of hydrogen-bond acceptors (Lipinski definition) is 1. The maximum absolute atomic E-state index is 13.3. The van der Waals surface area contributed by atoms with Crippen molar-refractivity contribution in [3.8, 4) is 0 Å². The smallest absolute Gasteiger partial charge is 0.124 e. The van der Waals surface area contributed by atoms with Crippen LogP contribution in [0.2, 0.25) is 0 Å². The molecule has 1 nitrogen and oxygen atoms in total. The zero-order chi connectivity index (χ0) is 13.7. The van der Waals surface area contributed by atoms with Crippen LogP contribution < -0.4 is 5.32 Å². The lowest BCUT2D eigenvalue weighted by molar-refractivity contribution is 0.277. The lowest BCUT2D eigenvalue weighted by Gasteiger charge is -2.29. The molecule has 0 radical (unpaired) electrons. The highest BCUT2D eigenvalue weighted by Crippen LogP contribution is 2.28. The van der Waals surface area contributed by atoms with Gasteiger partial charge in [-0.3, -0.25) is 0 Å². The third kappa shape index (κ3) is 4.88. The summed E-state index contributed by atoms with van der Waals surface area (Å²) in [5, 5.41) is 3.57. The summed E-state index contributed by atoms with van der Waals surface area (Å²) in [5.74, 6) is 0.768. The van der Waals surface area contributed by atoms with E-state index in [1.807, 2.05) is 6.07 Å². The molecule has 0 amide bonds. The molecule has 1 aliphatic carbocycles. The molecule has 1 aromatic carbocycles. The lowest BCUT2D eigenvalue weighted by atomic mass is 9.83. The second-order valence-corrected chi connectivity index (χ2v) is 6.58. The van der Waals surface area contributed by atoms with Crippen LogP contribution in [0.4, 0.5) is 4.39 Å². The quantitative estimate of drug-likeness (QED) is 0.799. The number of rotatable bonds is 5. The fourth-order valence-electron chi connectivity index (χ4n) is 3.04. The monoisotopic (exact) mass is 327 g/mol. The van der Waals surface area contributed by atoms with Gasteiger partial charge in [-0.25, -0.2) is 4.39 Å². The summed E-state index contributed by atoms with van der Waals surface area (Å²) in [6.45, 7) is 3.03. The molecule has 1 aromatic rings. The van der Waals surface area contributed by atoms with Crippen LogP contribution in [0.5, 0.6) is 0 Å². The van der Waals surface area contributed by atoms with Gasteiger partial charge in [-0.2, -0.15) is 0 Å². The van der Waals surface area contributed by atoms with Gasteiger partial charge in [0.25, 0.3) is 0 Å². The molecule has 0 bridgehead atoms. The Morgan fingerprint density at radius 1 is 1.21 bits per heavy atom. The van der Waals surface area contributed by atoms with Crippen molar-refractivity contribution in [2.45, 2.75) is 58.0 Å². The largest absolute Gasteiger partial charge is 0.310 e. The Morgan fingerprint density at radius 3 is 2.58 bits per heavy atom. The van der Waals surface area contributed by atoms with Crippen molar-refractivity contribution in [1.29, 1.82) is 0 Å². The molecular formula is C16H23BrFN. The standard InChI is InChI=1S/C16H23BrFN/c1-2-3-12-4-6-16(7-5-12)19-11-13-8-14(17)10-15(18)9-13/h8-10,12,16,19H,2-7,11H2,1H3. The Hall–Kier alpha value is -0.410. The summed E-state index contributed by atoms with van der Waals surface area (Å²) in [6.07, 6.45) is 7.91. The predicted octanol–water partition coefficient (Wildman–Crippen LogP) is 5.04. The SMILES string of the molecule is CCCC1CCC(NCc2cc(F)cc(Br)c2)CC1. The van der Waals surface area contributed by atoms with Gasteiger partial charge in [-0.05, 0) is 55.4 Å². The fourth-order valence-corrected chi connectivity index (χ4v) is 3.55. The van der Waals surface area contributed by atoms with Crippen LogP contribution in [0, 0.1) is 11.7 Å². The highest BCUT2D eigenvalue weighted by molar-refractivity contribution is 9.10. The van der Waals surface area contributed by atoms with Crippen molar-refractivity contribution in [3.05, 3.63) is 34.1 Å². The summed E-state index contributed by atoms with van der Waals surface area (Å²) < 4.78 is 14.1. The van der Waals surface area contributed by atoms with Crippen molar-refractivity contribution in [2.24, 2.45) is 5.92 Å². The maximum atomic E-state index is 13.3. The van der Waals surface area contributed by atoms with Crippen molar-refractivity contribution in [2.75, 3.05) is 0 Å². The number of nitrogens with one attached hydrogen (secondary N) is 1. The molecule has 0 aliphatic heterocycles. The Bertz CT molecular complexity index is 379. The van der Waals surface area contributed by atoms with Gasteiger partial charge in [0.15, 0.2) is 0 Å². The molecule has 1 N–H and O–H groups in total. The Kier molecular flexibility index (Phi) is 5.83. The van der Waals surface area contributed by atoms with Gasteiger partial charge in [0.05, 0.1) is 0 Å². The van der Waals surface area contributed by atoms with E-state index in [1.165, 1.54) is 44.6 Å². The van der Waals surface area contributed by atoms with Crippen LogP contribution in [0.1, 0.15) is 51.0 Å². The first-order chi connectivity index (χ1) is 9.17. The van der Waals surface area contributed by atoms with Crippen LogP contribution in [-0.2, 0) is 6.54 Å². The van der Waals surface area contributed by atoms with Gasteiger partial charge in [0.1, 0.15) is 5.82 Å². The average Bonchev–Trinajstić information content (AvgIpc) is 2.37. The predicted molar refractivity (Wildman–Crippen MR) is 81.6 cm³/mol. The minimum Gasteiger partial charge on any atom is -0.310 e.